The maximum atomic E-state index is 14.7. The number of hydrogen-bond donors (Lipinski definition) is 2. The van der Waals surface area contributed by atoms with Gasteiger partial charge >= 0.3 is 12.4 Å². The fourth-order valence-corrected chi connectivity index (χ4v) is 4.27. The van der Waals surface area contributed by atoms with Crippen LogP contribution in [-0.4, -0.2) is 23.0 Å². The Morgan fingerprint density at radius 1 is 1.08 bits per heavy atom. The van der Waals surface area contributed by atoms with E-state index in [9.17, 15) is 40.6 Å². The van der Waals surface area contributed by atoms with Crippen molar-refractivity contribution in [3.8, 4) is 17.9 Å². The minimum Gasteiger partial charge on any atom is -0.394 e. The Morgan fingerprint density at radius 2 is 1.76 bits per heavy atom. The second kappa shape index (κ2) is 10.3. The highest BCUT2D eigenvalue weighted by Gasteiger charge is 2.54. The topological polar surface area (TPSA) is 73.1 Å². The minimum absolute atomic E-state index is 0.0437. The van der Waals surface area contributed by atoms with Crippen LogP contribution in [0.25, 0.3) is 0 Å². The summed E-state index contributed by atoms with van der Waals surface area (Å²) < 4.78 is 94.5. The highest BCUT2D eigenvalue weighted by atomic mass is 79.9. The molecule has 37 heavy (non-hydrogen) atoms. The first-order chi connectivity index (χ1) is 17.2. The molecule has 12 heteroatoms. The zero-order valence-electron chi connectivity index (χ0n) is 18.8. The molecule has 1 amide bonds. The molecule has 2 N–H and O–H groups in total. The monoisotopic (exact) mass is 590 g/mol. The lowest BCUT2D eigenvalue weighted by atomic mass is 9.74. The van der Waals surface area contributed by atoms with Gasteiger partial charge in [-0.1, -0.05) is 27.8 Å². The van der Waals surface area contributed by atoms with E-state index in [2.05, 4.69) is 33.1 Å². The van der Waals surface area contributed by atoms with Crippen molar-refractivity contribution in [3.63, 3.8) is 0 Å². The molecule has 0 spiro atoms. The van der Waals surface area contributed by atoms with E-state index in [4.69, 9.17) is 5.26 Å². The smallest absolute Gasteiger partial charge is 0.394 e. The predicted molar refractivity (Wildman–Crippen MR) is 123 cm³/mol. The Morgan fingerprint density at radius 3 is 2.27 bits per heavy atom. The zero-order valence-corrected chi connectivity index (χ0v) is 20.4. The summed E-state index contributed by atoms with van der Waals surface area (Å²) in [5, 5.41) is 21.5. The average Bonchev–Trinajstić information content (AvgIpc) is 3.60. The number of benzene rings is 2. The molecule has 0 radical (unpaired) electrons. The molecular formula is C25H18BrF7N2O2. The number of halogens is 8. The van der Waals surface area contributed by atoms with Crippen molar-refractivity contribution in [1.82, 2.24) is 0 Å². The maximum Gasteiger partial charge on any atom is 0.417 e. The van der Waals surface area contributed by atoms with E-state index in [1.54, 1.807) is 0 Å². The average molecular weight is 591 g/mol. The molecule has 2 aromatic rings. The third kappa shape index (κ3) is 6.08. The van der Waals surface area contributed by atoms with E-state index in [0.29, 0.717) is 24.3 Å². The van der Waals surface area contributed by atoms with Crippen LogP contribution in [0.3, 0.4) is 0 Å². The van der Waals surface area contributed by atoms with Gasteiger partial charge in [-0.3, -0.25) is 4.79 Å². The second-order valence-corrected chi connectivity index (χ2v) is 9.21. The van der Waals surface area contributed by atoms with Gasteiger partial charge in [0.05, 0.1) is 34.7 Å². The Balaban J connectivity index is 2.02. The molecule has 1 fully saturated rings. The van der Waals surface area contributed by atoms with E-state index >= 15 is 0 Å². The number of anilines is 1. The summed E-state index contributed by atoms with van der Waals surface area (Å²) in [5.74, 6) is 3.18. The third-order valence-corrected chi connectivity index (χ3v) is 6.44. The number of hydrogen-bond acceptors (Lipinski definition) is 3. The van der Waals surface area contributed by atoms with Crippen molar-refractivity contribution < 1.29 is 40.6 Å². The van der Waals surface area contributed by atoms with Crippen LogP contribution in [0.2, 0.25) is 0 Å². The van der Waals surface area contributed by atoms with Crippen LogP contribution in [0.1, 0.15) is 41.5 Å². The molecule has 1 aliphatic rings. The summed E-state index contributed by atoms with van der Waals surface area (Å²) in [5.41, 5.74) is -6.92. The lowest BCUT2D eigenvalue weighted by Gasteiger charge is -2.31. The van der Waals surface area contributed by atoms with Crippen molar-refractivity contribution in [2.45, 2.75) is 37.0 Å². The largest absolute Gasteiger partial charge is 0.417 e. The molecule has 0 bridgehead atoms. The highest BCUT2D eigenvalue weighted by Crippen LogP contribution is 2.56. The Bertz CT molecular complexity index is 1300. The molecule has 0 aromatic heterocycles. The summed E-state index contributed by atoms with van der Waals surface area (Å²) in [7, 11) is 0. The number of alkyl halides is 7. The van der Waals surface area contributed by atoms with Gasteiger partial charge in [-0.15, -0.1) is 0 Å². The minimum atomic E-state index is -4.89. The van der Waals surface area contributed by atoms with E-state index in [-0.39, 0.29) is 35.8 Å². The summed E-state index contributed by atoms with van der Waals surface area (Å²) in [6.07, 6.45) is -9.63. The van der Waals surface area contributed by atoms with Crippen molar-refractivity contribution >= 4 is 27.5 Å². The summed E-state index contributed by atoms with van der Waals surface area (Å²) in [6, 6.07) is 5.83. The molecule has 3 rings (SSSR count). The fraction of sp³-hybridized carbons (Fsp3) is 0.360. The summed E-state index contributed by atoms with van der Waals surface area (Å²) in [6.45, 7) is -0.941. The second-order valence-electron chi connectivity index (χ2n) is 8.65. The van der Waals surface area contributed by atoms with Gasteiger partial charge in [-0.05, 0) is 61.2 Å². The molecular weight excluding hydrogens is 573 g/mol. The van der Waals surface area contributed by atoms with Crippen LogP contribution >= 0.6 is 15.9 Å². The number of nitriles is 1. The van der Waals surface area contributed by atoms with E-state index in [1.165, 1.54) is 6.07 Å². The first kappa shape index (κ1) is 28.5. The number of rotatable bonds is 6. The number of nitrogens with one attached hydrogen (secondary N) is 1. The molecule has 0 aliphatic heterocycles. The van der Waals surface area contributed by atoms with Gasteiger partial charge in [0, 0.05) is 11.1 Å². The van der Waals surface area contributed by atoms with Crippen LogP contribution in [0, 0.1) is 34.4 Å². The predicted octanol–water partition coefficient (Wildman–Crippen LogP) is 6.17. The molecule has 2 aromatic carbocycles. The SMILES string of the molecule is N#Cc1ccc(NC(=O)C(C#CCBr)(CO)CC2(c3cc(C(F)(F)F)ccc3F)CC2)cc1C(F)(F)F. The molecule has 1 aliphatic carbocycles. The normalized spacial score (nSPS) is 16.1. The lowest BCUT2D eigenvalue weighted by Crippen LogP contribution is -2.41. The molecule has 1 unspecified atom stereocenters. The number of amides is 1. The highest BCUT2D eigenvalue weighted by molar-refractivity contribution is 9.09. The number of aliphatic hydroxyl groups excluding tert-OH is 1. The van der Waals surface area contributed by atoms with Gasteiger partial charge in [-0.25, -0.2) is 4.39 Å². The summed E-state index contributed by atoms with van der Waals surface area (Å²) in [4.78, 5) is 13.3. The number of nitrogens with zero attached hydrogens (tertiary/aromatic N) is 1. The number of carbonyl (C=O) groups is 1. The van der Waals surface area contributed by atoms with Crippen LogP contribution < -0.4 is 5.32 Å². The van der Waals surface area contributed by atoms with Crippen LogP contribution in [0.4, 0.5) is 36.4 Å². The van der Waals surface area contributed by atoms with Crippen molar-refractivity contribution in [1.29, 1.82) is 5.26 Å². The lowest BCUT2D eigenvalue weighted by molar-refractivity contribution is -0.138. The van der Waals surface area contributed by atoms with Gasteiger partial charge in [0.15, 0.2) is 0 Å². The van der Waals surface area contributed by atoms with Crippen molar-refractivity contribution in [2.75, 3.05) is 17.3 Å². The molecule has 1 atom stereocenters. The quantitative estimate of drug-likeness (QED) is 0.240. The fourth-order valence-electron chi connectivity index (χ4n) is 4.13. The van der Waals surface area contributed by atoms with Crippen LogP contribution in [-0.2, 0) is 22.6 Å². The zero-order chi connectivity index (χ0) is 27.6. The molecule has 196 valence electrons. The van der Waals surface area contributed by atoms with E-state index in [1.807, 2.05) is 0 Å². The first-order valence-electron chi connectivity index (χ1n) is 10.7. The van der Waals surface area contributed by atoms with E-state index in [0.717, 1.165) is 12.1 Å². The van der Waals surface area contributed by atoms with Gasteiger partial charge in [0.2, 0.25) is 5.91 Å². The molecule has 1 saturated carbocycles. The van der Waals surface area contributed by atoms with Gasteiger partial charge in [0.25, 0.3) is 0 Å². The van der Waals surface area contributed by atoms with Crippen LogP contribution in [0.5, 0.6) is 0 Å². The van der Waals surface area contributed by atoms with Gasteiger partial charge in [-0.2, -0.15) is 31.6 Å². The number of carbonyl (C=O) groups excluding carboxylic acids is 1. The molecule has 0 heterocycles. The van der Waals surface area contributed by atoms with Gasteiger partial charge < -0.3 is 10.4 Å². The Labute approximate surface area is 215 Å². The standard InChI is InChI=1S/C25H18BrF7N2O2/c26-9-1-6-23(14-36,21(37)35-17-4-2-15(12-34)18(11-17)25(31,32)33)13-22(7-8-22)19-10-16(24(28,29)30)3-5-20(19)27/h2-5,10-11,36H,7-9,13-14H2,(H,35,37). The third-order valence-electron chi connectivity index (χ3n) is 6.16. The first-order valence-corrected chi connectivity index (χ1v) is 11.8. The van der Waals surface area contributed by atoms with Crippen molar-refractivity contribution in [3.05, 3.63) is 64.5 Å². The van der Waals surface area contributed by atoms with E-state index < -0.39 is 58.2 Å². The maximum absolute atomic E-state index is 14.7. The summed E-state index contributed by atoms with van der Waals surface area (Å²) >= 11 is 3.05. The Kier molecular flexibility index (Phi) is 7.96. The van der Waals surface area contributed by atoms with Crippen molar-refractivity contribution in [2.24, 2.45) is 5.41 Å². The Hall–Kier alpha value is -3.09. The van der Waals surface area contributed by atoms with Crippen LogP contribution in [0.15, 0.2) is 36.4 Å². The molecule has 0 saturated heterocycles. The number of aliphatic hydroxyl groups is 1. The molecule has 4 nitrogen and oxygen atoms in total. The van der Waals surface area contributed by atoms with Gasteiger partial charge in [0.1, 0.15) is 11.2 Å².